The molecule has 0 amide bonds. The first kappa shape index (κ1) is 12.7. The third-order valence-corrected chi connectivity index (χ3v) is 1.55. The average molecular weight is 199 g/mol. The number of hydrogen-bond donors (Lipinski definition) is 0. The first-order chi connectivity index (χ1) is 6.52. The largest absolute Gasteiger partial charge is 0.460 e. The van der Waals surface area contributed by atoms with Gasteiger partial charge in [-0.25, -0.2) is 4.79 Å². The van der Waals surface area contributed by atoms with Crippen LogP contribution in [0.15, 0.2) is 11.8 Å². The predicted octanol–water partition coefficient (Wildman–Crippen LogP) is 0.974. The molecule has 0 atom stereocenters. The van der Waals surface area contributed by atoms with Crippen molar-refractivity contribution in [2.24, 2.45) is 0 Å². The maximum atomic E-state index is 11.4. The van der Waals surface area contributed by atoms with Gasteiger partial charge < -0.3 is 9.64 Å². The number of carbonyl (C=O) groups excluding carboxylic acids is 2. The first-order valence-electron chi connectivity index (χ1n) is 4.61. The van der Waals surface area contributed by atoms with Crippen LogP contribution in [0.3, 0.4) is 0 Å². The van der Waals surface area contributed by atoms with Gasteiger partial charge in [0.25, 0.3) is 5.78 Å². The van der Waals surface area contributed by atoms with E-state index in [4.69, 9.17) is 0 Å². The number of esters is 1. The molecule has 0 spiro atoms. The Morgan fingerprint density at radius 2 is 1.86 bits per heavy atom. The van der Waals surface area contributed by atoms with Crippen LogP contribution < -0.4 is 0 Å². The van der Waals surface area contributed by atoms with Gasteiger partial charge in [0.1, 0.15) is 0 Å². The number of nitrogens with zero attached hydrogens (tertiary/aromatic N) is 1. The quantitative estimate of drug-likeness (QED) is 0.376. The number of carbonyl (C=O) groups is 2. The zero-order valence-corrected chi connectivity index (χ0v) is 9.16. The van der Waals surface area contributed by atoms with E-state index in [0.717, 1.165) is 0 Å². The highest BCUT2D eigenvalue weighted by molar-refractivity contribution is 6.40. The second-order valence-electron chi connectivity index (χ2n) is 3.02. The third kappa shape index (κ3) is 4.07. The molecule has 0 N–H and O–H groups in total. The van der Waals surface area contributed by atoms with Crippen molar-refractivity contribution in [3.05, 3.63) is 11.8 Å². The Kier molecular flexibility index (Phi) is 5.60. The normalized spacial score (nSPS) is 11.0. The van der Waals surface area contributed by atoms with Crippen molar-refractivity contribution in [1.29, 1.82) is 0 Å². The van der Waals surface area contributed by atoms with Crippen LogP contribution in [0.4, 0.5) is 0 Å². The topological polar surface area (TPSA) is 46.6 Å². The minimum atomic E-state index is -0.776. The van der Waals surface area contributed by atoms with Crippen molar-refractivity contribution in [3.63, 3.8) is 0 Å². The first-order valence-corrected chi connectivity index (χ1v) is 4.61. The molecule has 0 aromatic rings. The zero-order valence-electron chi connectivity index (χ0n) is 9.16. The molecule has 0 unspecified atom stereocenters. The Morgan fingerprint density at radius 1 is 1.29 bits per heavy atom. The Balaban J connectivity index is 4.54. The lowest BCUT2D eigenvalue weighted by Gasteiger charge is -2.08. The van der Waals surface area contributed by atoms with Crippen molar-refractivity contribution >= 4 is 11.8 Å². The smallest absolute Gasteiger partial charge is 0.379 e. The number of ketones is 1. The summed E-state index contributed by atoms with van der Waals surface area (Å²) in [5.41, 5.74) is 0.466. The van der Waals surface area contributed by atoms with Gasteiger partial charge in [-0.05, 0) is 13.3 Å². The van der Waals surface area contributed by atoms with Crippen LogP contribution in [-0.2, 0) is 14.3 Å². The van der Waals surface area contributed by atoms with Crippen LogP contribution in [0.2, 0.25) is 0 Å². The summed E-state index contributed by atoms with van der Waals surface area (Å²) in [5.74, 6) is -1.33. The third-order valence-electron chi connectivity index (χ3n) is 1.55. The molecule has 0 fully saturated rings. The summed E-state index contributed by atoms with van der Waals surface area (Å²) in [7, 11) is 3.60. The maximum Gasteiger partial charge on any atom is 0.379 e. The Morgan fingerprint density at radius 3 is 2.21 bits per heavy atom. The van der Waals surface area contributed by atoms with Gasteiger partial charge in [-0.2, -0.15) is 0 Å². The molecule has 0 heterocycles. The SMILES string of the molecule is CCOC(=O)C(=O)C(=CN(C)C)CC. The van der Waals surface area contributed by atoms with Crippen LogP contribution in [0.5, 0.6) is 0 Å². The number of Topliss-reactive ketones (excluding diaryl/α,β-unsaturated/α-hetero) is 1. The molecule has 0 aromatic heterocycles. The Bertz CT molecular complexity index is 244. The average Bonchev–Trinajstić information content (AvgIpc) is 2.13. The van der Waals surface area contributed by atoms with Crippen LogP contribution >= 0.6 is 0 Å². The standard InChI is InChI=1S/C10H17NO3/c1-5-8(7-11(3)4)9(12)10(13)14-6-2/h7H,5-6H2,1-4H3. The fourth-order valence-corrected chi connectivity index (χ4v) is 0.950. The van der Waals surface area contributed by atoms with E-state index in [1.165, 1.54) is 0 Å². The molecule has 0 aromatic carbocycles. The summed E-state index contributed by atoms with van der Waals surface area (Å²) in [5, 5.41) is 0. The van der Waals surface area contributed by atoms with Gasteiger partial charge >= 0.3 is 5.97 Å². The van der Waals surface area contributed by atoms with Crippen LogP contribution in [-0.4, -0.2) is 37.4 Å². The van der Waals surface area contributed by atoms with E-state index in [9.17, 15) is 9.59 Å². The van der Waals surface area contributed by atoms with Gasteiger partial charge in [-0.1, -0.05) is 6.92 Å². The summed E-state index contributed by atoms with van der Waals surface area (Å²) in [6.45, 7) is 3.72. The summed E-state index contributed by atoms with van der Waals surface area (Å²) >= 11 is 0. The van der Waals surface area contributed by atoms with Gasteiger partial charge in [0, 0.05) is 25.9 Å². The second-order valence-corrected chi connectivity index (χ2v) is 3.02. The Hall–Kier alpha value is -1.32. The molecule has 14 heavy (non-hydrogen) atoms. The molecular weight excluding hydrogens is 182 g/mol. The lowest BCUT2D eigenvalue weighted by atomic mass is 10.1. The molecule has 80 valence electrons. The number of rotatable bonds is 5. The highest BCUT2D eigenvalue weighted by atomic mass is 16.5. The molecule has 0 radical (unpaired) electrons. The van der Waals surface area contributed by atoms with Gasteiger partial charge in [-0.3, -0.25) is 4.79 Å². The lowest BCUT2D eigenvalue weighted by molar-refractivity contribution is -0.151. The molecule has 0 rings (SSSR count). The Labute approximate surface area is 84.5 Å². The van der Waals surface area contributed by atoms with Crippen molar-refractivity contribution < 1.29 is 14.3 Å². The number of hydrogen-bond acceptors (Lipinski definition) is 4. The summed E-state index contributed by atoms with van der Waals surface area (Å²) in [4.78, 5) is 24.3. The van der Waals surface area contributed by atoms with Crippen molar-refractivity contribution in [3.8, 4) is 0 Å². The van der Waals surface area contributed by atoms with Gasteiger partial charge in [0.05, 0.1) is 6.61 Å². The van der Waals surface area contributed by atoms with E-state index < -0.39 is 11.8 Å². The van der Waals surface area contributed by atoms with Crippen molar-refractivity contribution in [1.82, 2.24) is 4.90 Å². The monoisotopic (exact) mass is 199 g/mol. The van der Waals surface area contributed by atoms with E-state index >= 15 is 0 Å². The van der Waals surface area contributed by atoms with Crippen molar-refractivity contribution in [2.75, 3.05) is 20.7 Å². The predicted molar refractivity (Wildman–Crippen MR) is 53.7 cm³/mol. The van der Waals surface area contributed by atoms with Crippen LogP contribution in [0.25, 0.3) is 0 Å². The molecule has 4 nitrogen and oxygen atoms in total. The highest BCUT2D eigenvalue weighted by Crippen LogP contribution is 2.04. The molecular formula is C10H17NO3. The fraction of sp³-hybridized carbons (Fsp3) is 0.600. The van der Waals surface area contributed by atoms with E-state index in [1.54, 1.807) is 32.1 Å². The highest BCUT2D eigenvalue weighted by Gasteiger charge is 2.18. The molecule has 4 heteroatoms. The summed E-state index contributed by atoms with van der Waals surface area (Å²) in [6.07, 6.45) is 2.16. The van der Waals surface area contributed by atoms with Gasteiger partial charge in [-0.15, -0.1) is 0 Å². The fourth-order valence-electron chi connectivity index (χ4n) is 0.950. The van der Waals surface area contributed by atoms with E-state index in [1.807, 2.05) is 6.92 Å². The molecule has 0 aliphatic rings. The second kappa shape index (κ2) is 6.18. The minimum Gasteiger partial charge on any atom is -0.460 e. The van der Waals surface area contributed by atoms with E-state index in [0.29, 0.717) is 12.0 Å². The van der Waals surface area contributed by atoms with Crippen LogP contribution in [0.1, 0.15) is 20.3 Å². The van der Waals surface area contributed by atoms with Crippen LogP contribution in [0, 0.1) is 0 Å². The molecule has 0 bridgehead atoms. The molecule has 0 saturated carbocycles. The van der Waals surface area contributed by atoms with Gasteiger partial charge in [0.15, 0.2) is 0 Å². The van der Waals surface area contributed by atoms with E-state index in [2.05, 4.69) is 4.74 Å². The lowest BCUT2D eigenvalue weighted by Crippen LogP contribution is -2.20. The maximum absolute atomic E-state index is 11.4. The van der Waals surface area contributed by atoms with E-state index in [-0.39, 0.29) is 6.61 Å². The molecule has 0 aliphatic carbocycles. The van der Waals surface area contributed by atoms with Gasteiger partial charge in [0.2, 0.25) is 0 Å². The molecule has 0 aliphatic heterocycles. The molecule has 0 saturated heterocycles. The van der Waals surface area contributed by atoms with Crippen molar-refractivity contribution in [2.45, 2.75) is 20.3 Å². The summed E-state index contributed by atoms with van der Waals surface area (Å²) in [6, 6.07) is 0. The number of ether oxygens (including phenoxy) is 1. The zero-order chi connectivity index (χ0) is 11.1. The minimum absolute atomic E-state index is 0.226. The summed E-state index contributed by atoms with van der Waals surface area (Å²) < 4.78 is 4.62.